The predicted molar refractivity (Wildman–Crippen MR) is 410 cm³/mol. The van der Waals surface area contributed by atoms with Crippen molar-refractivity contribution in [3.05, 3.63) is 81.4 Å². The second-order valence-electron chi connectivity index (χ2n) is 26.0. The third-order valence-electron chi connectivity index (χ3n) is 17.3. The molecule has 43 nitrogen and oxygen atoms in total. The Morgan fingerprint density at radius 1 is 0.670 bits per heavy atom. The summed E-state index contributed by atoms with van der Waals surface area (Å²) in [7, 11) is 0. The monoisotopic (exact) mass is 1720 g/mol. The Balaban J connectivity index is 1.68. The lowest BCUT2D eigenvalue weighted by atomic mass is 10.0. The molecule has 0 spiro atoms. The molecule has 1 aromatic heterocycles. The van der Waals surface area contributed by atoms with E-state index in [0.29, 0.717) is 5.56 Å². The van der Waals surface area contributed by atoms with E-state index in [0.717, 1.165) is 4.90 Å². The highest BCUT2D eigenvalue weighted by molar-refractivity contribution is 14.1. The number of carbonyl (C=O) groups excluding carboxylic acids is 15. The zero-order valence-corrected chi connectivity index (χ0v) is 64.3. The van der Waals surface area contributed by atoms with Crippen molar-refractivity contribution in [3.8, 4) is 11.5 Å². The molecule has 2 aliphatic rings. The van der Waals surface area contributed by atoms with Crippen LogP contribution in [0.1, 0.15) is 87.4 Å². The number of carboxylic acids is 1. The van der Waals surface area contributed by atoms with Crippen LogP contribution >= 0.6 is 47.8 Å². The molecule has 28 N–H and O–H groups in total. The number of primary amides is 3. The van der Waals surface area contributed by atoms with Crippen molar-refractivity contribution in [1.82, 2.24) is 89.0 Å². The number of carbonyl (C=O) groups is 16. The Hall–Kier alpha value is -11.3. The SMILES string of the molecule is C=C(O)[C@@H]1NC(=O)[C@@H](NC(=O)[C@H](CS)NC(=O)CN)CCCn2cc(nn2)C[C@@H](C(=O)N[C@@H](Cc2ccc(O)cc2)C(N)=O)NC(=O)[C@H](CCC(N)=O)NC(=O)[C@H](Cc2ccc(O)c(I)c2)NC(=O)[C@H](CCCNC(N)=O)NC(=O)[C@H](CS)NC(=O)[C@H](CCCNC(=N)N)NC(=O)[C@@H]2CCCN2C(=O)[C@H](CC(=O)O)NC1=O. The molecule has 3 heterocycles. The number of aliphatic hydroxyl groups is 1. The first kappa shape index (κ1) is 91.3. The summed E-state index contributed by atoms with van der Waals surface area (Å²) in [5.74, 6) is -19.9. The molecule has 1 saturated heterocycles. The van der Waals surface area contributed by atoms with E-state index in [2.05, 4.69) is 111 Å². The lowest BCUT2D eigenvalue weighted by Crippen LogP contribution is -2.61. The molecule has 5 rings (SSSR count). The highest BCUT2D eigenvalue weighted by Gasteiger charge is 2.42. The highest BCUT2D eigenvalue weighted by Crippen LogP contribution is 2.23. The minimum Gasteiger partial charge on any atom is -0.510 e. The van der Waals surface area contributed by atoms with Crippen LogP contribution in [0.2, 0.25) is 0 Å². The Bertz CT molecular complexity index is 3950. The predicted octanol–water partition coefficient (Wildman–Crippen LogP) is -7.73. The number of aryl methyl sites for hydroxylation is 1. The van der Waals surface area contributed by atoms with Gasteiger partial charge in [-0.15, -0.1) is 5.10 Å². The van der Waals surface area contributed by atoms with Gasteiger partial charge in [0, 0.05) is 69.6 Å². The standard InChI is InChI=1S/C66H94IN23O20S2/c1-31(91)52-63(108)84-44(26-51(96)97)64(109)90-21-5-9-47(90)62(107)80-38(6-2-18-74-65(71)72)55(100)85-46(30-112)61(106)77-37(7-3-19-75-66(73)110)54(99)82-42(24-33-12-16-48(93)36(67)22-33)58(103)79-40(15-17-49(69)94)56(101)83-43(59(104)81-41(53(70)98)23-32-10-13-35(92)14-11-32)25-34-28-89(88-87-34)20-4-8-39(57(102)86-52)78-60(105)45(29-111)76-50(95)27-68/h10-14,16,22,28,37-47,52,91-93,111-112H,1-9,15,17-21,23-27,29-30,68H2,(H2,69,94)(H2,70,98)(H,76,95)(H,77,106)(H,78,105)(H,79,103)(H,80,107)(H,81,104)(H,82,99)(H,83,101)(H,84,108)(H,85,100)(H,86,102)(H,96,97)(H4,71,72,74)(H3,73,75,110)/t37-,38-,39-,40-,41-,42-,43-,44-,45-,46-,47-,52-/m0/s1. The fourth-order valence-electron chi connectivity index (χ4n) is 11.5. The summed E-state index contributed by atoms with van der Waals surface area (Å²) in [5, 5.41) is 89.0. The maximum atomic E-state index is 15.0. The number of aliphatic hydroxyl groups excluding tert-OH is 1. The van der Waals surface area contributed by atoms with Crippen LogP contribution in [-0.2, 0) is 97.7 Å². The van der Waals surface area contributed by atoms with Crippen LogP contribution in [-0.4, -0.2) is 251 Å². The van der Waals surface area contributed by atoms with E-state index in [4.69, 9.17) is 34.1 Å². The average molecular weight is 1720 g/mol. The summed E-state index contributed by atoms with van der Waals surface area (Å²) in [6.45, 7) is 2.10. The van der Waals surface area contributed by atoms with E-state index in [9.17, 15) is 92.3 Å². The van der Waals surface area contributed by atoms with Crippen molar-refractivity contribution >= 4 is 149 Å². The molecule has 1 fully saturated rings. The van der Waals surface area contributed by atoms with Gasteiger partial charge in [0.2, 0.25) is 76.8 Å². The number of fused-ring (bicyclic) bond motifs is 3. The number of aliphatic carboxylic acids is 1. The van der Waals surface area contributed by atoms with Crippen molar-refractivity contribution in [1.29, 1.82) is 5.41 Å². The van der Waals surface area contributed by atoms with Gasteiger partial charge in [-0.2, -0.15) is 25.3 Å². The molecular formula is C66H94IN23O20S2. The van der Waals surface area contributed by atoms with Crippen LogP contribution in [0, 0.1) is 8.98 Å². The van der Waals surface area contributed by atoms with Crippen LogP contribution in [0.25, 0.3) is 0 Å². The first-order valence-corrected chi connectivity index (χ1v) is 37.3. The van der Waals surface area contributed by atoms with Crippen LogP contribution < -0.4 is 97.8 Å². The summed E-state index contributed by atoms with van der Waals surface area (Å²) in [6.07, 6.45) is -3.71. The number of phenols is 2. The molecule has 16 amide bonds. The van der Waals surface area contributed by atoms with Crippen LogP contribution in [0.3, 0.4) is 0 Å². The Morgan fingerprint density at radius 3 is 1.82 bits per heavy atom. The summed E-state index contributed by atoms with van der Waals surface area (Å²) in [4.78, 5) is 223. The third kappa shape index (κ3) is 29.8. The number of hydrogen-bond acceptors (Lipinski definition) is 25. The number of aromatic nitrogens is 3. The van der Waals surface area contributed by atoms with E-state index in [1.807, 2.05) is 0 Å². The second kappa shape index (κ2) is 45.1. The first-order valence-electron chi connectivity index (χ1n) is 35.0. The number of carboxylic acid groups (broad SMARTS) is 1. The van der Waals surface area contributed by atoms with Gasteiger partial charge in [-0.3, -0.25) is 82.0 Å². The smallest absolute Gasteiger partial charge is 0.312 e. The number of phenolic OH excluding ortho intramolecular Hbond substituents is 2. The number of amides is 16. The van der Waals surface area contributed by atoms with Crippen molar-refractivity contribution in [2.45, 2.75) is 169 Å². The summed E-state index contributed by atoms with van der Waals surface area (Å²) in [6, 6.07) is -12.2. The van der Waals surface area contributed by atoms with E-state index >= 15 is 4.79 Å². The molecule has 2 bridgehead atoms. The van der Waals surface area contributed by atoms with Gasteiger partial charge < -0.3 is 123 Å². The van der Waals surface area contributed by atoms with Gasteiger partial charge >= 0.3 is 12.0 Å². The normalized spacial score (nSPS) is 22.2. The molecule has 3 aromatic rings. The molecule has 2 aliphatic heterocycles. The topological polar surface area (TPSA) is 698 Å². The van der Waals surface area contributed by atoms with Crippen LogP contribution in [0.5, 0.6) is 11.5 Å². The fraction of sp³-hybridized carbons (Fsp3) is 0.500. The maximum Gasteiger partial charge on any atom is 0.312 e. The number of guanidine groups is 1. The number of nitrogens with two attached hydrogens (primary N) is 5. The van der Waals surface area contributed by atoms with Gasteiger partial charge in [0.05, 0.1) is 22.2 Å². The van der Waals surface area contributed by atoms with Gasteiger partial charge in [0.1, 0.15) is 83.7 Å². The largest absolute Gasteiger partial charge is 0.510 e. The molecule has 0 radical (unpaired) electrons. The van der Waals surface area contributed by atoms with Crippen molar-refractivity contribution in [2.24, 2.45) is 28.7 Å². The van der Waals surface area contributed by atoms with E-state index < -0.39 is 230 Å². The molecule has 12 atom stereocenters. The van der Waals surface area contributed by atoms with E-state index in [-0.39, 0.29) is 110 Å². The lowest BCUT2D eigenvalue weighted by molar-refractivity contribution is -0.146. The molecule has 112 heavy (non-hydrogen) atoms. The Kier molecular flexibility index (Phi) is 36.8. The summed E-state index contributed by atoms with van der Waals surface area (Å²) < 4.78 is 1.46. The minimum absolute atomic E-state index is 0.0138. The molecule has 0 saturated carbocycles. The van der Waals surface area contributed by atoms with Gasteiger partial charge in [0.15, 0.2) is 12.0 Å². The van der Waals surface area contributed by atoms with Gasteiger partial charge in [-0.1, -0.05) is 30.0 Å². The van der Waals surface area contributed by atoms with Crippen molar-refractivity contribution < 1.29 is 97.1 Å². The number of benzene rings is 2. The zero-order valence-electron chi connectivity index (χ0n) is 60.4. The second-order valence-corrected chi connectivity index (χ2v) is 27.9. The number of hydrogen-bond donors (Lipinski definition) is 25. The number of nitrogens with zero attached hydrogens (tertiary/aromatic N) is 4. The molecule has 2 aromatic carbocycles. The number of thiol groups is 2. The van der Waals surface area contributed by atoms with Crippen molar-refractivity contribution in [3.63, 3.8) is 0 Å². The number of aromatic hydroxyl groups is 2. The maximum absolute atomic E-state index is 15.0. The Labute approximate surface area is 664 Å². The number of rotatable bonds is 27. The molecule has 612 valence electrons. The van der Waals surface area contributed by atoms with E-state index in [1.165, 1.54) is 53.3 Å². The number of urea groups is 1. The number of nitrogens with one attached hydrogen (secondary N) is 14. The summed E-state index contributed by atoms with van der Waals surface area (Å²) in [5.41, 5.74) is 28.3. The molecular weight excluding hydrogens is 1630 g/mol. The first-order chi connectivity index (χ1) is 53.0. The van der Waals surface area contributed by atoms with Gasteiger partial charge in [-0.05, 0) is 116 Å². The zero-order chi connectivity index (χ0) is 83.1. The van der Waals surface area contributed by atoms with Gasteiger partial charge in [-0.25, -0.2) is 4.79 Å². The molecule has 46 heteroatoms. The fourth-order valence-corrected chi connectivity index (χ4v) is 12.6. The minimum atomic E-state index is -2.23. The van der Waals surface area contributed by atoms with Crippen LogP contribution in [0.15, 0.2) is 61.0 Å². The lowest BCUT2D eigenvalue weighted by Gasteiger charge is -2.30. The van der Waals surface area contributed by atoms with Gasteiger partial charge in [0.25, 0.3) is 5.91 Å². The third-order valence-corrected chi connectivity index (χ3v) is 18.9. The van der Waals surface area contributed by atoms with Crippen molar-refractivity contribution in [2.75, 3.05) is 37.7 Å². The quantitative estimate of drug-likeness (QED) is 0.00842. The average Bonchev–Trinajstić information content (AvgIpc) is 1.62. The number of halogens is 1. The summed E-state index contributed by atoms with van der Waals surface area (Å²) >= 11 is 10.2. The Morgan fingerprint density at radius 2 is 1.24 bits per heavy atom. The highest BCUT2D eigenvalue weighted by atomic mass is 127. The van der Waals surface area contributed by atoms with E-state index in [1.54, 1.807) is 22.6 Å². The van der Waals surface area contributed by atoms with Crippen LogP contribution in [0.4, 0.5) is 4.79 Å². The molecule has 0 aliphatic carbocycles. The molecule has 0 unspecified atom stereocenters.